The van der Waals surface area contributed by atoms with Crippen LogP contribution in [-0.2, 0) is 24.2 Å². The third-order valence-corrected chi connectivity index (χ3v) is 4.06. The van der Waals surface area contributed by atoms with E-state index in [1.165, 1.54) is 19.3 Å². The number of ether oxygens (including phenoxy) is 1. The van der Waals surface area contributed by atoms with E-state index in [0.717, 1.165) is 69.7 Å². The summed E-state index contributed by atoms with van der Waals surface area (Å²) in [6.07, 6.45) is 6.76. The van der Waals surface area contributed by atoms with Gasteiger partial charge in [-0.3, -0.25) is 0 Å². The first kappa shape index (κ1) is 22.1. The Labute approximate surface area is 168 Å². The lowest BCUT2D eigenvalue weighted by Crippen LogP contribution is -2.38. The van der Waals surface area contributed by atoms with Crippen molar-refractivity contribution < 1.29 is 4.74 Å². The Hall–Kier alpha value is -0.900. The van der Waals surface area contributed by atoms with Crippen molar-refractivity contribution in [3.05, 3.63) is 11.6 Å². The maximum absolute atomic E-state index is 5.58. The van der Waals surface area contributed by atoms with Gasteiger partial charge in [0.1, 0.15) is 12.4 Å². The van der Waals surface area contributed by atoms with Gasteiger partial charge in [0.2, 0.25) is 0 Å². The van der Waals surface area contributed by atoms with Crippen molar-refractivity contribution in [3.8, 4) is 0 Å². The molecule has 25 heavy (non-hydrogen) atoms. The van der Waals surface area contributed by atoms with E-state index in [-0.39, 0.29) is 24.0 Å². The second-order valence-electron chi connectivity index (χ2n) is 6.08. The quantitative estimate of drug-likeness (QED) is 0.241. The zero-order valence-corrected chi connectivity index (χ0v) is 17.9. The van der Waals surface area contributed by atoms with Crippen LogP contribution in [-0.4, -0.2) is 47.0 Å². The number of hydrogen-bond acceptors (Lipinski definition) is 4. The van der Waals surface area contributed by atoms with Crippen molar-refractivity contribution in [1.82, 2.24) is 25.4 Å². The molecule has 0 aliphatic carbocycles. The van der Waals surface area contributed by atoms with Crippen molar-refractivity contribution in [2.45, 2.75) is 65.5 Å². The Morgan fingerprint density at radius 1 is 1.16 bits per heavy atom. The Balaban J connectivity index is 0.00000312. The van der Waals surface area contributed by atoms with Crippen LogP contribution in [0.15, 0.2) is 4.99 Å². The molecule has 0 spiro atoms. The molecule has 2 heterocycles. The molecule has 0 unspecified atom stereocenters. The molecule has 1 aromatic heterocycles. The van der Waals surface area contributed by atoms with E-state index in [1.54, 1.807) is 0 Å². The summed E-state index contributed by atoms with van der Waals surface area (Å²) in [7, 11) is 0. The zero-order valence-electron chi connectivity index (χ0n) is 15.6. The van der Waals surface area contributed by atoms with Crippen molar-refractivity contribution in [2.24, 2.45) is 4.99 Å². The van der Waals surface area contributed by atoms with Gasteiger partial charge in [0.25, 0.3) is 0 Å². The second kappa shape index (κ2) is 13.3. The number of aryl methyl sites for hydroxylation is 1. The SMILES string of the molecule is CCCCOCCCNC(=NCc1nnc2n1CCCC2)NCC.I. The fraction of sp³-hybridized carbons (Fsp3) is 0.824. The molecule has 0 bridgehead atoms. The number of nitrogens with one attached hydrogen (secondary N) is 2. The van der Waals surface area contributed by atoms with Gasteiger partial charge in [0, 0.05) is 39.3 Å². The third-order valence-electron chi connectivity index (χ3n) is 4.06. The molecule has 0 atom stereocenters. The Morgan fingerprint density at radius 2 is 2.00 bits per heavy atom. The first-order valence-corrected chi connectivity index (χ1v) is 9.36. The Morgan fingerprint density at radius 3 is 2.80 bits per heavy atom. The fourth-order valence-corrected chi connectivity index (χ4v) is 2.71. The molecule has 2 N–H and O–H groups in total. The molecule has 0 fully saturated rings. The van der Waals surface area contributed by atoms with E-state index < -0.39 is 0 Å². The minimum atomic E-state index is 0. The summed E-state index contributed by atoms with van der Waals surface area (Å²) in [6.45, 7) is 9.20. The molecule has 144 valence electrons. The lowest BCUT2D eigenvalue weighted by atomic mass is 10.2. The van der Waals surface area contributed by atoms with E-state index in [1.807, 2.05) is 0 Å². The highest BCUT2D eigenvalue weighted by Crippen LogP contribution is 2.14. The molecule has 0 amide bonds. The highest BCUT2D eigenvalue weighted by atomic mass is 127. The largest absolute Gasteiger partial charge is 0.381 e. The molecule has 1 aromatic rings. The predicted octanol–water partition coefficient (Wildman–Crippen LogP) is 2.49. The lowest BCUT2D eigenvalue weighted by molar-refractivity contribution is 0.129. The van der Waals surface area contributed by atoms with Crippen molar-refractivity contribution >= 4 is 29.9 Å². The summed E-state index contributed by atoms with van der Waals surface area (Å²) in [5.74, 6) is 2.90. The maximum atomic E-state index is 5.58. The second-order valence-corrected chi connectivity index (χ2v) is 6.08. The average Bonchev–Trinajstić information content (AvgIpc) is 3.02. The normalized spacial score (nSPS) is 13.9. The molecule has 7 nitrogen and oxygen atoms in total. The minimum absolute atomic E-state index is 0. The highest BCUT2D eigenvalue weighted by Gasteiger charge is 2.15. The highest BCUT2D eigenvalue weighted by molar-refractivity contribution is 14.0. The lowest BCUT2D eigenvalue weighted by Gasteiger charge is -2.14. The van der Waals surface area contributed by atoms with Crippen LogP contribution < -0.4 is 10.6 Å². The molecule has 1 aliphatic heterocycles. The molecule has 1 aliphatic rings. The van der Waals surface area contributed by atoms with Crippen LogP contribution in [0.4, 0.5) is 0 Å². The summed E-state index contributed by atoms with van der Waals surface area (Å²) in [5, 5.41) is 15.2. The summed E-state index contributed by atoms with van der Waals surface area (Å²) in [5.41, 5.74) is 0. The molecule has 2 rings (SSSR count). The van der Waals surface area contributed by atoms with E-state index in [2.05, 4.69) is 44.2 Å². The molecule has 0 saturated heterocycles. The number of hydrogen-bond donors (Lipinski definition) is 2. The average molecular weight is 464 g/mol. The number of aromatic nitrogens is 3. The molecule has 0 saturated carbocycles. The monoisotopic (exact) mass is 464 g/mol. The summed E-state index contributed by atoms with van der Waals surface area (Å²) in [4.78, 5) is 4.64. The van der Waals surface area contributed by atoms with Gasteiger partial charge in [0.15, 0.2) is 11.8 Å². The maximum Gasteiger partial charge on any atom is 0.191 e. The van der Waals surface area contributed by atoms with Gasteiger partial charge < -0.3 is 19.9 Å². The van der Waals surface area contributed by atoms with Crippen molar-refractivity contribution in [2.75, 3.05) is 26.3 Å². The van der Waals surface area contributed by atoms with Gasteiger partial charge in [-0.1, -0.05) is 13.3 Å². The van der Waals surface area contributed by atoms with Gasteiger partial charge in [0.05, 0.1) is 0 Å². The number of fused-ring (bicyclic) bond motifs is 1. The van der Waals surface area contributed by atoms with Crippen LogP contribution in [0.2, 0.25) is 0 Å². The number of nitrogens with zero attached hydrogens (tertiary/aromatic N) is 4. The van der Waals surface area contributed by atoms with Gasteiger partial charge in [-0.2, -0.15) is 0 Å². The van der Waals surface area contributed by atoms with Crippen LogP contribution in [0.3, 0.4) is 0 Å². The number of rotatable bonds is 10. The number of aliphatic imine (C=N–C) groups is 1. The van der Waals surface area contributed by atoms with Gasteiger partial charge in [-0.05, 0) is 32.6 Å². The van der Waals surface area contributed by atoms with E-state index >= 15 is 0 Å². The predicted molar refractivity (Wildman–Crippen MR) is 112 cm³/mol. The summed E-state index contributed by atoms with van der Waals surface area (Å²) in [6, 6.07) is 0. The number of guanidine groups is 1. The van der Waals surface area contributed by atoms with Crippen molar-refractivity contribution in [1.29, 1.82) is 0 Å². The van der Waals surface area contributed by atoms with Crippen LogP contribution in [0.5, 0.6) is 0 Å². The fourth-order valence-electron chi connectivity index (χ4n) is 2.71. The zero-order chi connectivity index (χ0) is 17.0. The number of halogens is 1. The summed E-state index contributed by atoms with van der Waals surface area (Å²) < 4.78 is 7.80. The van der Waals surface area contributed by atoms with Crippen LogP contribution in [0, 0.1) is 0 Å². The van der Waals surface area contributed by atoms with E-state index in [0.29, 0.717) is 6.54 Å². The van der Waals surface area contributed by atoms with Gasteiger partial charge in [-0.15, -0.1) is 34.2 Å². The Kier molecular flexibility index (Phi) is 11.8. The van der Waals surface area contributed by atoms with Gasteiger partial charge in [-0.25, -0.2) is 4.99 Å². The summed E-state index contributed by atoms with van der Waals surface area (Å²) >= 11 is 0. The van der Waals surface area contributed by atoms with Crippen LogP contribution >= 0.6 is 24.0 Å². The van der Waals surface area contributed by atoms with Gasteiger partial charge >= 0.3 is 0 Å². The number of unbranched alkanes of at least 4 members (excludes halogenated alkanes) is 1. The Bertz CT molecular complexity index is 505. The third kappa shape index (κ3) is 7.89. The standard InChI is InChI=1S/C17H32N6O.HI/c1-3-5-12-24-13-8-10-19-17(18-4-2)20-14-16-22-21-15-9-6-7-11-23(15)16;/h3-14H2,1-2H3,(H2,18,19,20);1H. The van der Waals surface area contributed by atoms with E-state index in [4.69, 9.17) is 4.74 Å². The van der Waals surface area contributed by atoms with Crippen LogP contribution in [0.25, 0.3) is 0 Å². The first-order valence-electron chi connectivity index (χ1n) is 9.36. The minimum Gasteiger partial charge on any atom is -0.381 e. The van der Waals surface area contributed by atoms with E-state index in [9.17, 15) is 0 Å². The topological polar surface area (TPSA) is 76.4 Å². The molecule has 0 aromatic carbocycles. The first-order chi connectivity index (χ1) is 11.8. The van der Waals surface area contributed by atoms with Crippen LogP contribution in [0.1, 0.15) is 57.6 Å². The smallest absolute Gasteiger partial charge is 0.191 e. The molecule has 0 radical (unpaired) electrons. The molecule has 8 heteroatoms. The van der Waals surface area contributed by atoms with Crippen molar-refractivity contribution in [3.63, 3.8) is 0 Å². The molecular weight excluding hydrogens is 431 g/mol. The molecular formula is C17H33IN6O.